The van der Waals surface area contributed by atoms with E-state index in [1.807, 2.05) is 47.8 Å². The van der Waals surface area contributed by atoms with Crippen molar-refractivity contribution in [1.29, 1.82) is 0 Å². The summed E-state index contributed by atoms with van der Waals surface area (Å²) in [5, 5.41) is 6.96. The predicted molar refractivity (Wildman–Crippen MR) is 135 cm³/mol. The molecule has 5 aromatic rings. The summed E-state index contributed by atoms with van der Waals surface area (Å²) in [7, 11) is 0. The molecule has 1 amide bonds. The third kappa shape index (κ3) is 3.43. The van der Waals surface area contributed by atoms with Crippen LogP contribution in [0.25, 0.3) is 21.2 Å². The lowest BCUT2D eigenvalue weighted by Gasteiger charge is -2.17. The van der Waals surface area contributed by atoms with E-state index >= 15 is 0 Å². The molecule has 0 saturated heterocycles. The van der Waals surface area contributed by atoms with E-state index in [1.54, 1.807) is 17.0 Å². The monoisotopic (exact) mass is 554 g/mol. The number of halogens is 2. The van der Waals surface area contributed by atoms with Crippen molar-refractivity contribution < 1.29 is 4.79 Å². The van der Waals surface area contributed by atoms with Crippen LogP contribution < -0.4 is 15.0 Å². The molecule has 1 aliphatic heterocycles. The molecule has 0 atom stereocenters. The molecule has 2 aromatic carbocycles. The summed E-state index contributed by atoms with van der Waals surface area (Å²) in [4.78, 5) is 34.5. The number of fused-ring (bicyclic) bond motifs is 2. The Bertz CT molecular complexity index is 1660. The van der Waals surface area contributed by atoms with Gasteiger partial charge in [0, 0.05) is 15.1 Å². The molecule has 0 unspecified atom stereocenters. The average molecular weight is 556 g/mol. The Morgan fingerprint density at radius 1 is 1.06 bits per heavy atom. The van der Waals surface area contributed by atoms with Crippen molar-refractivity contribution in [3.8, 4) is 10.7 Å². The first-order valence-electron chi connectivity index (χ1n) is 9.83. The zero-order valence-corrected chi connectivity index (χ0v) is 20.6. The van der Waals surface area contributed by atoms with Crippen LogP contribution in [0.4, 0.5) is 5.69 Å². The zero-order chi connectivity index (χ0) is 22.7. The molecule has 0 radical (unpaired) electrons. The molecule has 3 aromatic heterocycles. The fraction of sp³-hybridized carbons (Fsp3) is 0.0435. The second-order valence-electron chi connectivity index (χ2n) is 7.40. The van der Waals surface area contributed by atoms with Gasteiger partial charge in [0.15, 0.2) is 5.82 Å². The molecular formula is C23H12BrClN4O2S2. The average Bonchev–Trinajstić information content (AvgIpc) is 3.56. The Morgan fingerprint density at radius 3 is 2.61 bits per heavy atom. The van der Waals surface area contributed by atoms with Gasteiger partial charge in [-0.2, -0.15) is 9.50 Å². The lowest BCUT2D eigenvalue weighted by molar-refractivity contribution is -0.113. The Labute approximate surface area is 208 Å². The Hall–Kier alpha value is -2.85. The van der Waals surface area contributed by atoms with Crippen LogP contribution >= 0.6 is 50.2 Å². The number of carbonyl (C=O) groups is 1. The molecule has 4 heterocycles. The molecule has 0 bridgehead atoms. The number of hydrogen-bond acceptors (Lipinski definition) is 6. The number of carbonyl (C=O) groups excluding carboxylic acids is 1. The topological polar surface area (TPSA) is 67.6 Å². The highest BCUT2D eigenvalue weighted by molar-refractivity contribution is 9.10. The lowest BCUT2D eigenvalue weighted by Crippen LogP contribution is -2.32. The fourth-order valence-electron chi connectivity index (χ4n) is 3.85. The number of rotatable bonds is 3. The first-order valence-corrected chi connectivity index (χ1v) is 12.7. The lowest BCUT2D eigenvalue weighted by atomic mass is 10.1. The van der Waals surface area contributed by atoms with Gasteiger partial charge >= 0.3 is 0 Å². The van der Waals surface area contributed by atoms with E-state index in [4.69, 9.17) is 11.6 Å². The van der Waals surface area contributed by atoms with Crippen molar-refractivity contribution in [3.05, 3.63) is 95.5 Å². The molecule has 0 fully saturated rings. The molecule has 162 valence electrons. The van der Waals surface area contributed by atoms with E-state index in [0.717, 1.165) is 20.6 Å². The number of hydrogen-bond donors (Lipinski definition) is 0. The number of nitrogens with zero attached hydrogens (tertiary/aromatic N) is 4. The minimum absolute atomic E-state index is 0.224. The first-order chi connectivity index (χ1) is 16.0. The minimum atomic E-state index is -0.340. The van der Waals surface area contributed by atoms with Crippen LogP contribution in [0.2, 0.25) is 5.02 Å². The number of benzene rings is 2. The summed E-state index contributed by atoms with van der Waals surface area (Å²) < 4.78 is 2.45. The maximum absolute atomic E-state index is 13.6. The molecule has 0 aliphatic carbocycles. The van der Waals surface area contributed by atoms with Crippen LogP contribution in [-0.2, 0) is 11.3 Å². The van der Waals surface area contributed by atoms with E-state index in [1.165, 1.54) is 27.2 Å². The molecule has 10 heteroatoms. The molecule has 0 spiro atoms. The van der Waals surface area contributed by atoms with Crippen molar-refractivity contribution in [3.63, 3.8) is 0 Å². The van der Waals surface area contributed by atoms with Crippen LogP contribution in [-0.4, -0.2) is 20.5 Å². The van der Waals surface area contributed by atoms with E-state index in [-0.39, 0.29) is 11.5 Å². The molecule has 33 heavy (non-hydrogen) atoms. The van der Waals surface area contributed by atoms with Crippen LogP contribution in [0.1, 0.15) is 11.1 Å². The second-order valence-corrected chi connectivity index (χ2v) is 10.7. The summed E-state index contributed by atoms with van der Waals surface area (Å²) in [6, 6.07) is 16.8. The maximum atomic E-state index is 13.6. The summed E-state index contributed by atoms with van der Waals surface area (Å²) in [6.45, 7) is 0.367. The van der Waals surface area contributed by atoms with Gasteiger partial charge in [-0.05, 0) is 47.3 Å². The molecule has 1 aliphatic rings. The van der Waals surface area contributed by atoms with Crippen LogP contribution in [0.15, 0.2) is 69.2 Å². The van der Waals surface area contributed by atoms with Gasteiger partial charge in [0.2, 0.25) is 4.96 Å². The molecular weight excluding hydrogens is 544 g/mol. The van der Waals surface area contributed by atoms with E-state index < -0.39 is 0 Å². The van der Waals surface area contributed by atoms with Gasteiger partial charge in [0.05, 0.1) is 22.7 Å². The number of aromatic nitrogens is 3. The Balaban J connectivity index is 1.52. The van der Waals surface area contributed by atoms with Gasteiger partial charge in [-0.25, -0.2) is 0 Å². The van der Waals surface area contributed by atoms with Gasteiger partial charge in [-0.1, -0.05) is 57.1 Å². The first kappa shape index (κ1) is 20.7. The zero-order valence-electron chi connectivity index (χ0n) is 16.7. The van der Waals surface area contributed by atoms with Gasteiger partial charge in [-0.3, -0.25) is 9.59 Å². The standard InChI is InChI=1S/C23H12BrClN4O2S2/c24-13-5-8-16-15(10-13)18(21(30)28(16)11-12-3-6-14(25)7-4-12)19-22(31)29-23(33-19)26-20(27-29)17-2-1-9-32-17/h1-10H,11H2/b19-18-. The molecule has 0 saturated carbocycles. The van der Waals surface area contributed by atoms with Crippen LogP contribution in [0.3, 0.4) is 0 Å². The van der Waals surface area contributed by atoms with Crippen molar-refractivity contribution in [2.75, 3.05) is 4.90 Å². The number of amides is 1. The third-order valence-corrected chi connectivity index (χ3v) is 8.00. The molecule has 6 nitrogen and oxygen atoms in total. The highest BCUT2D eigenvalue weighted by Crippen LogP contribution is 2.38. The van der Waals surface area contributed by atoms with Gasteiger partial charge in [0.1, 0.15) is 4.53 Å². The smallest absolute Gasteiger partial charge is 0.291 e. The van der Waals surface area contributed by atoms with Crippen molar-refractivity contribution in [2.45, 2.75) is 6.54 Å². The maximum Gasteiger partial charge on any atom is 0.291 e. The van der Waals surface area contributed by atoms with E-state index in [0.29, 0.717) is 38.0 Å². The van der Waals surface area contributed by atoms with Crippen molar-refractivity contribution in [2.24, 2.45) is 0 Å². The van der Waals surface area contributed by atoms with Crippen molar-refractivity contribution in [1.82, 2.24) is 14.6 Å². The van der Waals surface area contributed by atoms with E-state index in [9.17, 15) is 9.59 Å². The predicted octanol–water partition coefficient (Wildman–Crippen LogP) is 4.76. The van der Waals surface area contributed by atoms with Crippen LogP contribution in [0, 0.1) is 0 Å². The van der Waals surface area contributed by atoms with Gasteiger partial charge < -0.3 is 4.90 Å². The second kappa shape index (κ2) is 7.88. The molecule has 0 N–H and O–H groups in total. The number of anilines is 1. The largest absolute Gasteiger partial charge is 0.303 e. The third-order valence-electron chi connectivity index (χ3n) is 5.36. The van der Waals surface area contributed by atoms with Gasteiger partial charge in [0.25, 0.3) is 11.5 Å². The molecule has 6 rings (SSSR count). The van der Waals surface area contributed by atoms with Crippen LogP contribution in [0.5, 0.6) is 0 Å². The summed E-state index contributed by atoms with van der Waals surface area (Å²) in [6.07, 6.45) is 0. The Morgan fingerprint density at radius 2 is 1.88 bits per heavy atom. The minimum Gasteiger partial charge on any atom is -0.303 e. The number of thiophene rings is 1. The quantitative estimate of drug-likeness (QED) is 0.322. The fourth-order valence-corrected chi connectivity index (χ4v) is 5.99. The van der Waals surface area contributed by atoms with E-state index in [2.05, 4.69) is 26.0 Å². The summed E-state index contributed by atoms with van der Waals surface area (Å²) in [5.74, 6) is 0.285. The summed E-state index contributed by atoms with van der Waals surface area (Å²) >= 11 is 12.2. The SMILES string of the molecule is O=C1/C(=c2\sc3nc(-c4cccs4)nn3c2=O)c2cc(Br)ccc2N1Cc1ccc(Cl)cc1. The summed E-state index contributed by atoms with van der Waals surface area (Å²) in [5.41, 5.74) is 2.44. The normalized spacial score (nSPS) is 15.0. The Kier molecular flexibility index (Phi) is 4.95. The van der Waals surface area contributed by atoms with Crippen molar-refractivity contribution >= 4 is 72.3 Å². The highest BCUT2D eigenvalue weighted by atomic mass is 79.9. The van der Waals surface area contributed by atoms with Gasteiger partial charge in [-0.15, -0.1) is 16.4 Å². The highest BCUT2D eigenvalue weighted by Gasteiger charge is 2.34. The number of thiazole rings is 1.